The maximum Gasteiger partial charge on any atom is 0.330 e. The van der Waals surface area contributed by atoms with E-state index < -0.39 is 12.0 Å². The molecular weight excluding hydrogens is 262 g/mol. The Labute approximate surface area is 114 Å². The lowest BCUT2D eigenvalue weighted by Crippen LogP contribution is -2.33. The third kappa shape index (κ3) is 3.00. The number of thiophene rings is 1. The molecule has 0 radical (unpaired) electrons. The van der Waals surface area contributed by atoms with E-state index in [1.54, 1.807) is 30.3 Å². The molecule has 1 aromatic heterocycles. The maximum atomic E-state index is 12.1. The van der Waals surface area contributed by atoms with E-state index in [9.17, 15) is 14.7 Å². The summed E-state index contributed by atoms with van der Waals surface area (Å²) in [5.41, 5.74) is 1.40. The number of rotatable bonds is 4. The number of benzene rings is 1. The summed E-state index contributed by atoms with van der Waals surface area (Å²) in [5.74, 6) is -1.43. The first-order chi connectivity index (χ1) is 9.09. The van der Waals surface area contributed by atoms with Gasteiger partial charge in [0.2, 0.25) is 0 Å². The van der Waals surface area contributed by atoms with Crippen LogP contribution in [0.15, 0.2) is 41.8 Å². The number of hydrogen-bond donors (Lipinski definition) is 2. The summed E-state index contributed by atoms with van der Waals surface area (Å²) >= 11 is 1.30. The van der Waals surface area contributed by atoms with Gasteiger partial charge in [0.1, 0.15) is 0 Å². The molecule has 0 bridgehead atoms. The lowest BCUT2D eigenvalue weighted by atomic mass is 10.1. The first-order valence-electron chi connectivity index (χ1n) is 5.72. The lowest BCUT2D eigenvalue weighted by Gasteiger charge is -2.14. The van der Waals surface area contributed by atoms with Crippen LogP contribution in [-0.2, 0) is 4.79 Å². The summed E-state index contributed by atoms with van der Waals surface area (Å²) in [5, 5.41) is 13.6. The molecule has 0 spiro atoms. The molecule has 0 fully saturated rings. The van der Waals surface area contributed by atoms with Crippen LogP contribution in [0.5, 0.6) is 0 Å². The van der Waals surface area contributed by atoms with Crippen molar-refractivity contribution in [3.63, 3.8) is 0 Å². The number of nitrogens with one attached hydrogen (secondary N) is 1. The molecule has 2 aromatic rings. The van der Waals surface area contributed by atoms with Gasteiger partial charge in [-0.1, -0.05) is 30.3 Å². The first-order valence-corrected chi connectivity index (χ1v) is 6.60. The molecule has 1 atom stereocenters. The van der Waals surface area contributed by atoms with Crippen molar-refractivity contribution >= 4 is 23.2 Å². The monoisotopic (exact) mass is 275 g/mol. The Morgan fingerprint density at radius 2 is 1.89 bits per heavy atom. The molecule has 0 aliphatic heterocycles. The number of carboxylic acids is 1. The number of aryl methyl sites for hydroxylation is 1. The molecule has 2 rings (SSSR count). The van der Waals surface area contributed by atoms with Crippen LogP contribution in [0, 0.1) is 6.92 Å². The van der Waals surface area contributed by atoms with Gasteiger partial charge in [-0.25, -0.2) is 4.79 Å². The van der Waals surface area contributed by atoms with Crippen LogP contribution in [0.4, 0.5) is 0 Å². The summed E-state index contributed by atoms with van der Waals surface area (Å²) in [7, 11) is 0. The molecule has 5 heteroatoms. The molecule has 98 valence electrons. The highest BCUT2D eigenvalue weighted by atomic mass is 32.1. The highest BCUT2D eigenvalue weighted by molar-refractivity contribution is 7.12. The minimum atomic E-state index is -1.08. The maximum absolute atomic E-state index is 12.1. The smallest absolute Gasteiger partial charge is 0.330 e. The van der Waals surface area contributed by atoms with Crippen LogP contribution in [0.2, 0.25) is 0 Å². The van der Waals surface area contributed by atoms with E-state index in [2.05, 4.69) is 5.32 Å². The average molecular weight is 275 g/mol. The second-order valence-corrected chi connectivity index (χ2v) is 5.00. The van der Waals surface area contributed by atoms with Gasteiger partial charge in [-0.3, -0.25) is 4.79 Å². The Morgan fingerprint density at radius 1 is 1.21 bits per heavy atom. The lowest BCUT2D eigenvalue weighted by molar-refractivity contribution is -0.139. The van der Waals surface area contributed by atoms with Gasteiger partial charge in [0.05, 0.1) is 4.88 Å². The molecular formula is C14H13NO3S. The predicted molar refractivity (Wildman–Crippen MR) is 73.3 cm³/mol. The topological polar surface area (TPSA) is 66.4 Å². The molecule has 19 heavy (non-hydrogen) atoms. The van der Waals surface area contributed by atoms with E-state index in [-0.39, 0.29) is 5.91 Å². The van der Waals surface area contributed by atoms with Crippen LogP contribution in [-0.4, -0.2) is 17.0 Å². The number of carbonyl (C=O) groups is 2. The minimum Gasteiger partial charge on any atom is -0.479 e. The molecule has 1 aromatic carbocycles. The number of carbonyl (C=O) groups excluding carboxylic acids is 1. The van der Waals surface area contributed by atoms with Gasteiger partial charge >= 0.3 is 5.97 Å². The third-order valence-electron chi connectivity index (χ3n) is 2.72. The average Bonchev–Trinajstić information content (AvgIpc) is 2.82. The van der Waals surface area contributed by atoms with E-state index in [0.717, 1.165) is 5.56 Å². The van der Waals surface area contributed by atoms with E-state index in [0.29, 0.717) is 10.4 Å². The zero-order chi connectivity index (χ0) is 13.8. The molecule has 0 saturated carbocycles. The van der Waals surface area contributed by atoms with Gasteiger partial charge < -0.3 is 10.4 Å². The number of carboxylic acid groups (broad SMARTS) is 1. The van der Waals surface area contributed by atoms with E-state index in [1.807, 2.05) is 18.4 Å². The summed E-state index contributed by atoms with van der Waals surface area (Å²) in [6.45, 7) is 1.82. The number of aliphatic carboxylic acids is 1. The number of amides is 1. The Kier molecular flexibility index (Phi) is 3.97. The Balaban J connectivity index is 2.21. The SMILES string of the molecule is Cc1ccsc1C(=O)N[C@H](C(=O)O)c1ccccc1. The second kappa shape index (κ2) is 5.67. The van der Waals surface area contributed by atoms with Crippen LogP contribution in [0.3, 0.4) is 0 Å². The van der Waals surface area contributed by atoms with Crippen molar-refractivity contribution in [1.82, 2.24) is 5.32 Å². The first kappa shape index (κ1) is 13.3. The molecule has 1 heterocycles. The zero-order valence-corrected chi connectivity index (χ0v) is 11.1. The largest absolute Gasteiger partial charge is 0.479 e. The quantitative estimate of drug-likeness (QED) is 0.901. The van der Waals surface area contributed by atoms with Gasteiger partial charge in [0.15, 0.2) is 6.04 Å². The second-order valence-electron chi connectivity index (χ2n) is 4.09. The van der Waals surface area contributed by atoms with Crippen LogP contribution in [0.1, 0.15) is 26.8 Å². The Morgan fingerprint density at radius 3 is 2.42 bits per heavy atom. The van der Waals surface area contributed by atoms with Crippen LogP contribution >= 0.6 is 11.3 Å². The number of hydrogen-bond acceptors (Lipinski definition) is 3. The van der Waals surface area contributed by atoms with Gasteiger partial charge in [0.25, 0.3) is 5.91 Å². The normalized spacial score (nSPS) is 11.8. The summed E-state index contributed by atoms with van der Waals surface area (Å²) in [4.78, 5) is 23.9. The Bertz CT molecular complexity index is 592. The molecule has 0 saturated heterocycles. The summed E-state index contributed by atoms with van der Waals surface area (Å²) in [6, 6.07) is 9.45. The highest BCUT2D eigenvalue weighted by Crippen LogP contribution is 2.18. The Hall–Kier alpha value is -2.14. The fourth-order valence-electron chi connectivity index (χ4n) is 1.74. The molecule has 4 nitrogen and oxygen atoms in total. The fraction of sp³-hybridized carbons (Fsp3) is 0.143. The van der Waals surface area contributed by atoms with Crippen molar-refractivity contribution in [2.75, 3.05) is 0 Å². The van der Waals surface area contributed by atoms with E-state index >= 15 is 0 Å². The minimum absolute atomic E-state index is 0.358. The molecule has 2 N–H and O–H groups in total. The van der Waals surface area contributed by atoms with Crippen LogP contribution < -0.4 is 5.32 Å². The van der Waals surface area contributed by atoms with E-state index in [4.69, 9.17) is 0 Å². The third-order valence-corrected chi connectivity index (χ3v) is 3.74. The molecule has 0 aliphatic carbocycles. The van der Waals surface area contributed by atoms with Gasteiger partial charge in [-0.15, -0.1) is 11.3 Å². The molecule has 1 amide bonds. The van der Waals surface area contributed by atoms with Crippen molar-refractivity contribution in [2.24, 2.45) is 0 Å². The zero-order valence-electron chi connectivity index (χ0n) is 10.3. The molecule has 0 unspecified atom stereocenters. The fourth-order valence-corrected chi connectivity index (χ4v) is 2.56. The van der Waals surface area contributed by atoms with Crippen molar-refractivity contribution in [3.05, 3.63) is 57.8 Å². The predicted octanol–water partition coefficient (Wildman–Crippen LogP) is 2.61. The van der Waals surface area contributed by atoms with Gasteiger partial charge in [0, 0.05) is 0 Å². The standard InChI is InChI=1S/C14H13NO3S/c1-9-7-8-19-12(9)13(16)15-11(14(17)18)10-5-3-2-4-6-10/h2-8,11H,1H3,(H,15,16)(H,17,18)/t11-/m0/s1. The molecule has 0 aliphatic rings. The van der Waals surface area contributed by atoms with Crippen molar-refractivity contribution in [1.29, 1.82) is 0 Å². The summed E-state index contributed by atoms with van der Waals surface area (Å²) in [6.07, 6.45) is 0. The van der Waals surface area contributed by atoms with Crippen LogP contribution in [0.25, 0.3) is 0 Å². The van der Waals surface area contributed by atoms with Gasteiger partial charge in [-0.05, 0) is 29.5 Å². The van der Waals surface area contributed by atoms with Gasteiger partial charge in [-0.2, -0.15) is 0 Å². The van der Waals surface area contributed by atoms with E-state index in [1.165, 1.54) is 11.3 Å². The van der Waals surface area contributed by atoms with Crippen molar-refractivity contribution < 1.29 is 14.7 Å². The van der Waals surface area contributed by atoms with Crippen molar-refractivity contribution in [2.45, 2.75) is 13.0 Å². The van der Waals surface area contributed by atoms with Crippen molar-refractivity contribution in [3.8, 4) is 0 Å². The summed E-state index contributed by atoms with van der Waals surface area (Å²) < 4.78 is 0. The highest BCUT2D eigenvalue weighted by Gasteiger charge is 2.23.